The number of carbonyl (C=O) groups is 1. The number of thioether (sulfide) groups is 1. The van der Waals surface area contributed by atoms with Gasteiger partial charge in [0.25, 0.3) is 0 Å². The maximum absolute atomic E-state index is 11.2. The van der Waals surface area contributed by atoms with Crippen molar-refractivity contribution in [2.75, 3.05) is 5.73 Å². The van der Waals surface area contributed by atoms with Gasteiger partial charge in [-0.3, -0.25) is 9.36 Å². The zero-order chi connectivity index (χ0) is 18.3. The summed E-state index contributed by atoms with van der Waals surface area (Å²) in [7, 11) is 0. The van der Waals surface area contributed by atoms with E-state index in [1.807, 2.05) is 34.9 Å². The molecule has 0 saturated heterocycles. The molecule has 4 rings (SSSR count). The summed E-state index contributed by atoms with van der Waals surface area (Å²) in [6.45, 7) is 2.12. The largest absolute Gasteiger partial charge is 0.480 e. The summed E-state index contributed by atoms with van der Waals surface area (Å²) in [5.74, 6) is -0.100. The number of nitrogen functional groups attached to an aromatic ring is 1. The van der Waals surface area contributed by atoms with Gasteiger partial charge in [0.1, 0.15) is 17.1 Å². The number of aliphatic carboxylic acids is 1. The normalized spacial score (nSPS) is 12.7. The molecule has 1 aromatic carbocycles. The predicted molar refractivity (Wildman–Crippen MR) is 97.0 cm³/mol. The molecule has 0 fully saturated rings. The van der Waals surface area contributed by atoms with Gasteiger partial charge in [0.2, 0.25) is 5.78 Å². The number of benzene rings is 1. The minimum absolute atomic E-state index is 0.288. The van der Waals surface area contributed by atoms with Crippen molar-refractivity contribution in [3.63, 3.8) is 0 Å². The number of fused-ring (bicyclic) bond motifs is 3. The molecule has 0 aliphatic heterocycles. The number of carboxylic acid groups (broad SMARTS) is 1. The van der Waals surface area contributed by atoms with Crippen molar-refractivity contribution in [3.05, 3.63) is 42.2 Å². The highest BCUT2D eigenvalue weighted by Crippen LogP contribution is 2.29. The molecule has 26 heavy (non-hydrogen) atoms. The standard InChI is InChI=1S/C16H15N7O2S/c1-9(14(24)25)26-16-21-20-15-22(7-10-5-3-2-4-6-10)13-11(23(15)16)12(17)18-8-19-13/h2-6,8-9H,7H2,1H3,(H,24,25)(H2,17,18,19)/t9-/m1/s1. The van der Waals surface area contributed by atoms with Gasteiger partial charge in [0, 0.05) is 0 Å². The van der Waals surface area contributed by atoms with Crippen molar-refractivity contribution in [3.8, 4) is 0 Å². The molecule has 0 unspecified atom stereocenters. The third-order valence-corrected chi connectivity index (χ3v) is 5.01. The van der Waals surface area contributed by atoms with Gasteiger partial charge in [-0.1, -0.05) is 42.1 Å². The molecule has 3 heterocycles. The van der Waals surface area contributed by atoms with E-state index in [2.05, 4.69) is 20.2 Å². The van der Waals surface area contributed by atoms with Crippen LogP contribution < -0.4 is 5.73 Å². The predicted octanol–water partition coefficient (Wildman–Crippen LogP) is 1.67. The van der Waals surface area contributed by atoms with E-state index in [0.717, 1.165) is 17.3 Å². The smallest absolute Gasteiger partial charge is 0.316 e. The highest BCUT2D eigenvalue weighted by Gasteiger charge is 2.23. The molecule has 1 atom stereocenters. The van der Waals surface area contributed by atoms with Gasteiger partial charge in [-0.2, -0.15) is 0 Å². The lowest BCUT2D eigenvalue weighted by Crippen LogP contribution is -2.12. The van der Waals surface area contributed by atoms with Gasteiger partial charge >= 0.3 is 5.97 Å². The maximum atomic E-state index is 11.2. The first kappa shape index (κ1) is 16.3. The summed E-state index contributed by atoms with van der Waals surface area (Å²) in [6, 6.07) is 9.88. The fourth-order valence-electron chi connectivity index (χ4n) is 2.72. The fraction of sp³-hybridized carbons (Fsp3) is 0.188. The molecule has 0 aliphatic rings. The maximum Gasteiger partial charge on any atom is 0.316 e. The molecule has 0 amide bonds. The van der Waals surface area contributed by atoms with Crippen LogP contribution in [0.3, 0.4) is 0 Å². The van der Waals surface area contributed by atoms with Crippen LogP contribution in [-0.4, -0.2) is 45.5 Å². The number of nitrogens with two attached hydrogens (primary N) is 1. The number of imidazole rings is 1. The minimum Gasteiger partial charge on any atom is -0.480 e. The Balaban J connectivity index is 1.92. The summed E-state index contributed by atoms with van der Waals surface area (Å²) in [5.41, 5.74) is 8.34. The second kappa shape index (κ2) is 6.30. The zero-order valence-corrected chi connectivity index (χ0v) is 14.6. The van der Waals surface area contributed by atoms with Crippen molar-refractivity contribution >= 4 is 40.5 Å². The number of hydrogen-bond donors (Lipinski definition) is 2. The van der Waals surface area contributed by atoms with Gasteiger partial charge < -0.3 is 10.8 Å². The third kappa shape index (κ3) is 2.64. The number of nitrogens with zero attached hydrogens (tertiary/aromatic N) is 6. The Bertz CT molecular complexity index is 1110. The number of hydrogen-bond acceptors (Lipinski definition) is 7. The van der Waals surface area contributed by atoms with Crippen LogP contribution in [0.1, 0.15) is 12.5 Å². The average molecular weight is 369 g/mol. The first-order valence-electron chi connectivity index (χ1n) is 7.83. The Morgan fingerprint density at radius 3 is 2.77 bits per heavy atom. The zero-order valence-electron chi connectivity index (χ0n) is 13.8. The molecule has 0 spiro atoms. The molecular weight excluding hydrogens is 354 g/mol. The molecule has 4 aromatic rings. The Morgan fingerprint density at radius 2 is 2.04 bits per heavy atom. The minimum atomic E-state index is -0.927. The van der Waals surface area contributed by atoms with E-state index < -0.39 is 11.2 Å². The first-order valence-corrected chi connectivity index (χ1v) is 8.71. The van der Waals surface area contributed by atoms with E-state index in [0.29, 0.717) is 28.6 Å². The molecule has 0 aliphatic carbocycles. The summed E-state index contributed by atoms with van der Waals surface area (Å²) < 4.78 is 3.61. The van der Waals surface area contributed by atoms with Crippen LogP contribution in [0.25, 0.3) is 16.9 Å². The van der Waals surface area contributed by atoms with Crippen LogP contribution in [0, 0.1) is 0 Å². The number of carboxylic acids is 1. The third-order valence-electron chi connectivity index (χ3n) is 3.98. The Morgan fingerprint density at radius 1 is 1.27 bits per heavy atom. The lowest BCUT2D eigenvalue weighted by Gasteiger charge is -2.04. The Hall–Kier alpha value is -3.14. The van der Waals surface area contributed by atoms with Crippen LogP contribution in [-0.2, 0) is 11.3 Å². The van der Waals surface area contributed by atoms with E-state index in [1.165, 1.54) is 6.33 Å². The number of anilines is 1. The molecule has 0 radical (unpaired) electrons. The van der Waals surface area contributed by atoms with Crippen molar-refractivity contribution in [1.82, 2.24) is 29.1 Å². The average Bonchev–Trinajstić information content (AvgIpc) is 3.16. The molecular formula is C16H15N7O2S. The fourth-order valence-corrected chi connectivity index (χ4v) is 3.50. The number of rotatable bonds is 5. The van der Waals surface area contributed by atoms with E-state index in [1.54, 1.807) is 11.3 Å². The van der Waals surface area contributed by atoms with Gasteiger partial charge in [0.15, 0.2) is 16.6 Å². The van der Waals surface area contributed by atoms with E-state index in [-0.39, 0.29) is 5.82 Å². The summed E-state index contributed by atoms with van der Waals surface area (Å²) >= 11 is 1.10. The number of aromatic nitrogens is 6. The SMILES string of the molecule is C[C@@H](Sc1nnc2n(Cc3ccccc3)c3ncnc(N)c3n12)C(=O)O. The van der Waals surface area contributed by atoms with Crippen LogP contribution in [0.2, 0.25) is 0 Å². The van der Waals surface area contributed by atoms with Gasteiger partial charge in [-0.25, -0.2) is 14.4 Å². The topological polar surface area (TPSA) is 124 Å². The molecule has 0 saturated carbocycles. The van der Waals surface area contributed by atoms with E-state index in [4.69, 9.17) is 5.73 Å². The van der Waals surface area contributed by atoms with E-state index >= 15 is 0 Å². The molecule has 10 heteroatoms. The Kier molecular flexibility index (Phi) is 3.96. The molecule has 9 nitrogen and oxygen atoms in total. The summed E-state index contributed by atoms with van der Waals surface area (Å²) in [5, 5.41) is 17.3. The van der Waals surface area contributed by atoms with Crippen LogP contribution in [0.4, 0.5) is 5.82 Å². The lowest BCUT2D eigenvalue weighted by molar-refractivity contribution is -0.136. The van der Waals surface area contributed by atoms with Crippen molar-refractivity contribution in [2.45, 2.75) is 23.9 Å². The van der Waals surface area contributed by atoms with E-state index in [9.17, 15) is 9.90 Å². The molecule has 132 valence electrons. The van der Waals surface area contributed by atoms with Crippen molar-refractivity contribution in [2.24, 2.45) is 0 Å². The first-order chi connectivity index (χ1) is 12.6. The van der Waals surface area contributed by atoms with Crippen LogP contribution in [0.5, 0.6) is 0 Å². The van der Waals surface area contributed by atoms with Crippen molar-refractivity contribution in [1.29, 1.82) is 0 Å². The molecule has 3 aromatic heterocycles. The van der Waals surface area contributed by atoms with Gasteiger partial charge in [-0.05, 0) is 12.5 Å². The van der Waals surface area contributed by atoms with Crippen LogP contribution >= 0.6 is 11.8 Å². The monoisotopic (exact) mass is 369 g/mol. The van der Waals surface area contributed by atoms with Gasteiger partial charge in [-0.15, -0.1) is 10.2 Å². The highest BCUT2D eigenvalue weighted by molar-refractivity contribution is 8.00. The van der Waals surface area contributed by atoms with Crippen LogP contribution in [0.15, 0.2) is 41.8 Å². The van der Waals surface area contributed by atoms with Gasteiger partial charge in [0.05, 0.1) is 6.54 Å². The molecule has 3 N–H and O–H groups in total. The van der Waals surface area contributed by atoms with Crippen molar-refractivity contribution < 1.29 is 9.90 Å². The Labute approximate surface area is 151 Å². The lowest BCUT2D eigenvalue weighted by atomic mass is 10.2. The second-order valence-corrected chi connectivity index (χ2v) is 7.03. The second-order valence-electron chi connectivity index (χ2n) is 5.72. The highest BCUT2D eigenvalue weighted by atomic mass is 32.2. The quantitative estimate of drug-likeness (QED) is 0.509. The summed E-state index contributed by atoms with van der Waals surface area (Å²) in [6.07, 6.45) is 1.40. The molecule has 0 bridgehead atoms. The summed E-state index contributed by atoms with van der Waals surface area (Å²) in [4.78, 5) is 19.6.